The van der Waals surface area contributed by atoms with Gasteiger partial charge >= 0.3 is 0 Å². The SMILES string of the molecule is CC(C)CC1COC(CC#N)=N1. The molecular formula is C9H14N2O. The van der Waals surface area contributed by atoms with Crippen molar-refractivity contribution in [1.82, 2.24) is 0 Å². The highest BCUT2D eigenvalue weighted by Crippen LogP contribution is 2.14. The zero-order valence-corrected chi connectivity index (χ0v) is 7.58. The minimum Gasteiger partial charge on any atom is -0.478 e. The quantitative estimate of drug-likeness (QED) is 0.641. The van der Waals surface area contributed by atoms with E-state index in [2.05, 4.69) is 18.8 Å². The molecule has 0 aromatic heterocycles. The Bertz CT molecular complexity index is 215. The fourth-order valence-electron chi connectivity index (χ4n) is 1.30. The van der Waals surface area contributed by atoms with Crippen LogP contribution in [0.3, 0.4) is 0 Å². The van der Waals surface area contributed by atoms with E-state index in [0.29, 0.717) is 24.8 Å². The Balaban J connectivity index is 2.37. The summed E-state index contributed by atoms with van der Waals surface area (Å²) in [5.74, 6) is 1.26. The predicted molar refractivity (Wildman–Crippen MR) is 46.9 cm³/mol. The first-order valence-electron chi connectivity index (χ1n) is 4.28. The molecule has 0 spiro atoms. The molecule has 0 fully saturated rings. The molecule has 1 atom stereocenters. The molecule has 12 heavy (non-hydrogen) atoms. The van der Waals surface area contributed by atoms with Gasteiger partial charge in [-0.05, 0) is 12.3 Å². The van der Waals surface area contributed by atoms with Gasteiger partial charge in [0.1, 0.15) is 13.0 Å². The first kappa shape index (κ1) is 9.05. The van der Waals surface area contributed by atoms with E-state index in [1.807, 2.05) is 6.07 Å². The van der Waals surface area contributed by atoms with Crippen LogP contribution >= 0.6 is 0 Å². The van der Waals surface area contributed by atoms with Gasteiger partial charge in [-0.3, -0.25) is 0 Å². The molecule has 66 valence electrons. The van der Waals surface area contributed by atoms with Crippen LogP contribution in [-0.4, -0.2) is 18.5 Å². The van der Waals surface area contributed by atoms with Gasteiger partial charge < -0.3 is 4.74 Å². The topological polar surface area (TPSA) is 45.4 Å². The fourth-order valence-corrected chi connectivity index (χ4v) is 1.30. The first-order chi connectivity index (χ1) is 5.72. The molecule has 0 amide bonds. The van der Waals surface area contributed by atoms with Gasteiger partial charge in [0.05, 0.1) is 12.1 Å². The van der Waals surface area contributed by atoms with E-state index in [9.17, 15) is 0 Å². The van der Waals surface area contributed by atoms with E-state index in [-0.39, 0.29) is 6.04 Å². The maximum absolute atomic E-state index is 8.38. The number of ether oxygens (including phenoxy) is 1. The molecule has 0 saturated carbocycles. The lowest BCUT2D eigenvalue weighted by molar-refractivity contribution is 0.297. The Morgan fingerprint density at radius 1 is 1.75 bits per heavy atom. The molecule has 0 aromatic carbocycles. The molecule has 1 heterocycles. The summed E-state index contributed by atoms with van der Waals surface area (Å²) >= 11 is 0. The maximum Gasteiger partial charge on any atom is 0.198 e. The third kappa shape index (κ3) is 2.54. The van der Waals surface area contributed by atoms with E-state index in [1.54, 1.807) is 0 Å². The third-order valence-electron chi connectivity index (χ3n) is 1.74. The molecule has 3 nitrogen and oxygen atoms in total. The van der Waals surface area contributed by atoms with Gasteiger partial charge in [0.2, 0.25) is 0 Å². The molecule has 0 saturated heterocycles. The fraction of sp³-hybridized carbons (Fsp3) is 0.778. The zero-order valence-electron chi connectivity index (χ0n) is 7.58. The van der Waals surface area contributed by atoms with Gasteiger partial charge in [-0.25, -0.2) is 4.99 Å². The minimum absolute atomic E-state index is 0.286. The Morgan fingerprint density at radius 3 is 3.08 bits per heavy atom. The van der Waals surface area contributed by atoms with Crippen LogP contribution in [0.25, 0.3) is 0 Å². The largest absolute Gasteiger partial charge is 0.478 e. The van der Waals surface area contributed by atoms with Gasteiger partial charge in [0, 0.05) is 0 Å². The van der Waals surface area contributed by atoms with E-state index in [4.69, 9.17) is 10.00 Å². The second-order valence-corrected chi connectivity index (χ2v) is 3.45. The number of nitrogens with zero attached hydrogens (tertiary/aromatic N) is 2. The summed E-state index contributed by atoms with van der Waals surface area (Å²) in [5, 5.41) is 8.38. The Labute approximate surface area is 73.1 Å². The van der Waals surface area contributed by atoms with Crippen LogP contribution < -0.4 is 0 Å². The van der Waals surface area contributed by atoms with E-state index < -0.39 is 0 Å². The lowest BCUT2D eigenvalue weighted by Gasteiger charge is -2.06. The number of hydrogen-bond acceptors (Lipinski definition) is 3. The van der Waals surface area contributed by atoms with Crippen molar-refractivity contribution >= 4 is 5.90 Å². The van der Waals surface area contributed by atoms with Gasteiger partial charge in [0.15, 0.2) is 5.90 Å². The predicted octanol–water partition coefficient (Wildman–Crippen LogP) is 1.74. The highest BCUT2D eigenvalue weighted by molar-refractivity contribution is 5.79. The summed E-state index contributed by atoms with van der Waals surface area (Å²) in [4.78, 5) is 4.29. The van der Waals surface area contributed by atoms with Gasteiger partial charge in [-0.2, -0.15) is 5.26 Å². The summed E-state index contributed by atoms with van der Waals surface area (Å²) in [6.07, 6.45) is 1.36. The van der Waals surface area contributed by atoms with Crippen molar-refractivity contribution in [2.75, 3.05) is 6.61 Å². The number of hydrogen-bond donors (Lipinski definition) is 0. The van der Waals surface area contributed by atoms with Crippen molar-refractivity contribution in [3.05, 3.63) is 0 Å². The van der Waals surface area contributed by atoms with Crippen molar-refractivity contribution in [1.29, 1.82) is 5.26 Å². The average Bonchev–Trinajstić information content (AvgIpc) is 2.36. The summed E-state index contributed by atoms with van der Waals surface area (Å²) in [7, 11) is 0. The smallest absolute Gasteiger partial charge is 0.198 e. The molecule has 0 aliphatic carbocycles. The lowest BCUT2D eigenvalue weighted by Crippen LogP contribution is -2.09. The standard InChI is InChI=1S/C9H14N2O/c1-7(2)5-8-6-12-9(11-8)3-4-10/h7-8H,3,5-6H2,1-2H3. The number of rotatable bonds is 3. The molecule has 1 unspecified atom stereocenters. The zero-order chi connectivity index (χ0) is 8.97. The van der Waals surface area contributed by atoms with Crippen LogP contribution in [0.15, 0.2) is 4.99 Å². The van der Waals surface area contributed by atoms with Crippen molar-refractivity contribution in [3.63, 3.8) is 0 Å². The molecule has 3 heteroatoms. The van der Waals surface area contributed by atoms with Crippen LogP contribution in [0.4, 0.5) is 0 Å². The first-order valence-corrected chi connectivity index (χ1v) is 4.28. The molecule has 1 aliphatic heterocycles. The second kappa shape index (κ2) is 4.10. The molecule has 0 bridgehead atoms. The maximum atomic E-state index is 8.38. The Kier molecular flexibility index (Phi) is 3.09. The van der Waals surface area contributed by atoms with Gasteiger partial charge in [-0.15, -0.1) is 0 Å². The van der Waals surface area contributed by atoms with Crippen molar-refractivity contribution in [2.24, 2.45) is 10.9 Å². The van der Waals surface area contributed by atoms with E-state index in [0.717, 1.165) is 6.42 Å². The summed E-state index contributed by atoms with van der Waals surface area (Å²) in [5.41, 5.74) is 0. The van der Waals surface area contributed by atoms with Crippen LogP contribution in [0.1, 0.15) is 26.7 Å². The van der Waals surface area contributed by atoms with Crippen LogP contribution in [-0.2, 0) is 4.74 Å². The van der Waals surface area contributed by atoms with Crippen molar-refractivity contribution < 1.29 is 4.74 Å². The highest BCUT2D eigenvalue weighted by atomic mass is 16.5. The average molecular weight is 166 g/mol. The molecule has 1 rings (SSSR count). The molecule has 0 aromatic rings. The van der Waals surface area contributed by atoms with Crippen LogP contribution in [0.2, 0.25) is 0 Å². The minimum atomic E-state index is 0.286. The van der Waals surface area contributed by atoms with Crippen molar-refractivity contribution in [2.45, 2.75) is 32.7 Å². The monoisotopic (exact) mass is 166 g/mol. The molecule has 0 radical (unpaired) electrons. The summed E-state index contributed by atoms with van der Waals surface area (Å²) < 4.78 is 5.23. The van der Waals surface area contributed by atoms with E-state index in [1.165, 1.54) is 0 Å². The number of nitriles is 1. The molecule has 1 aliphatic rings. The van der Waals surface area contributed by atoms with Gasteiger partial charge in [-0.1, -0.05) is 13.8 Å². The molecule has 0 N–H and O–H groups in total. The Morgan fingerprint density at radius 2 is 2.50 bits per heavy atom. The number of aliphatic imine (C=N–C) groups is 1. The third-order valence-corrected chi connectivity index (χ3v) is 1.74. The van der Waals surface area contributed by atoms with Crippen LogP contribution in [0, 0.1) is 17.2 Å². The summed E-state index contributed by atoms with van der Waals surface area (Å²) in [6, 6.07) is 2.31. The van der Waals surface area contributed by atoms with E-state index >= 15 is 0 Å². The molecular weight excluding hydrogens is 152 g/mol. The highest BCUT2D eigenvalue weighted by Gasteiger charge is 2.18. The second-order valence-electron chi connectivity index (χ2n) is 3.45. The van der Waals surface area contributed by atoms with Crippen LogP contribution in [0.5, 0.6) is 0 Å². The van der Waals surface area contributed by atoms with Crippen molar-refractivity contribution in [3.8, 4) is 6.07 Å². The normalized spacial score (nSPS) is 21.8. The lowest BCUT2D eigenvalue weighted by atomic mass is 10.1. The summed E-state index contributed by atoms with van der Waals surface area (Å²) in [6.45, 7) is 4.99. The van der Waals surface area contributed by atoms with Gasteiger partial charge in [0.25, 0.3) is 0 Å². The Hall–Kier alpha value is -1.04.